The van der Waals surface area contributed by atoms with Crippen LogP contribution in [0, 0.1) is 6.92 Å². The minimum absolute atomic E-state index is 0.223. The van der Waals surface area contributed by atoms with E-state index >= 15 is 0 Å². The Labute approximate surface area is 128 Å². The van der Waals surface area contributed by atoms with Gasteiger partial charge in [0.25, 0.3) is 0 Å². The van der Waals surface area contributed by atoms with Crippen LogP contribution in [-0.4, -0.2) is 5.60 Å². The number of pyridine rings is 1. The zero-order valence-corrected chi connectivity index (χ0v) is 13.8. The highest BCUT2D eigenvalue weighted by Crippen LogP contribution is 2.22. The lowest BCUT2D eigenvalue weighted by atomic mass is 9.99. The zero-order chi connectivity index (χ0) is 15.5. The van der Waals surface area contributed by atoms with Crippen molar-refractivity contribution in [1.29, 1.82) is 0 Å². The first-order chi connectivity index (χ1) is 9.85. The first-order valence-electron chi connectivity index (χ1n) is 7.61. The molecule has 2 heteroatoms. The Kier molecular flexibility index (Phi) is 4.66. The summed E-state index contributed by atoms with van der Waals surface area (Å²) >= 11 is 0. The molecular weight excluding hydrogens is 258 g/mol. The standard InChI is InChI=1S/C19H26NO/c1-15(2)20-12-10-17(11-13-20)14-19(4,5)21-18-8-6-16(3)7-9-18/h6-13,15H,14H2,1-5H3/q+1. The minimum Gasteiger partial charge on any atom is -0.488 e. The van der Waals surface area contributed by atoms with E-state index in [9.17, 15) is 0 Å². The lowest BCUT2D eigenvalue weighted by molar-refractivity contribution is -0.716. The van der Waals surface area contributed by atoms with Gasteiger partial charge in [0, 0.05) is 18.6 Å². The highest BCUT2D eigenvalue weighted by atomic mass is 16.5. The minimum atomic E-state index is -0.223. The van der Waals surface area contributed by atoms with Crippen LogP contribution in [0.1, 0.15) is 44.9 Å². The molecule has 0 N–H and O–H groups in total. The average molecular weight is 284 g/mol. The topological polar surface area (TPSA) is 13.1 Å². The summed E-state index contributed by atoms with van der Waals surface area (Å²) < 4.78 is 8.34. The summed E-state index contributed by atoms with van der Waals surface area (Å²) in [5.41, 5.74) is 2.32. The lowest BCUT2D eigenvalue weighted by Gasteiger charge is -2.26. The van der Waals surface area contributed by atoms with Gasteiger partial charge in [0.05, 0.1) is 0 Å². The maximum Gasteiger partial charge on any atom is 0.169 e. The van der Waals surface area contributed by atoms with Crippen molar-refractivity contribution >= 4 is 0 Å². The van der Waals surface area contributed by atoms with E-state index in [0.717, 1.165) is 12.2 Å². The quantitative estimate of drug-likeness (QED) is 0.748. The van der Waals surface area contributed by atoms with Gasteiger partial charge in [0.1, 0.15) is 11.4 Å². The van der Waals surface area contributed by atoms with Crippen molar-refractivity contribution in [3.05, 3.63) is 59.9 Å². The summed E-state index contributed by atoms with van der Waals surface area (Å²) in [5, 5.41) is 0. The van der Waals surface area contributed by atoms with Crippen LogP contribution < -0.4 is 9.30 Å². The molecule has 0 aliphatic rings. The molecule has 1 aromatic carbocycles. The largest absolute Gasteiger partial charge is 0.488 e. The molecule has 2 nitrogen and oxygen atoms in total. The number of hydrogen-bond acceptors (Lipinski definition) is 1. The van der Waals surface area contributed by atoms with E-state index in [1.807, 2.05) is 12.1 Å². The molecule has 0 amide bonds. The molecule has 1 heterocycles. The third-order valence-corrected chi connectivity index (χ3v) is 3.56. The summed E-state index contributed by atoms with van der Waals surface area (Å²) in [6.07, 6.45) is 5.17. The van der Waals surface area contributed by atoms with Crippen LogP contribution in [0.15, 0.2) is 48.8 Å². The predicted octanol–water partition coefficient (Wildman–Crippen LogP) is 4.26. The van der Waals surface area contributed by atoms with Gasteiger partial charge in [-0.1, -0.05) is 17.7 Å². The molecular formula is C19H26NO+. The lowest BCUT2D eigenvalue weighted by Crippen LogP contribution is -2.36. The van der Waals surface area contributed by atoms with Crippen molar-refractivity contribution in [2.24, 2.45) is 0 Å². The first-order valence-corrected chi connectivity index (χ1v) is 7.61. The van der Waals surface area contributed by atoms with Gasteiger partial charge in [-0.3, -0.25) is 0 Å². The summed E-state index contributed by atoms with van der Waals surface area (Å²) in [7, 11) is 0. The van der Waals surface area contributed by atoms with Gasteiger partial charge < -0.3 is 4.74 Å². The third kappa shape index (κ3) is 4.59. The van der Waals surface area contributed by atoms with Gasteiger partial charge >= 0.3 is 0 Å². The predicted molar refractivity (Wildman–Crippen MR) is 86.6 cm³/mol. The van der Waals surface area contributed by atoms with E-state index in [-0.39, 0.29) is 5.60 Å². The van der Waals surface area contributed by atoms with Crippen molar-refractivity contribution in [1.82, 2.24) is 0 Å². The van der Waals surface area contributed by atoms with Gasteiger partial charge in [-0.25, -0.2) is 4.57 Å². The van der Waals surface area contributed by atoms with Gasteiger partial charge in [0.15, 0.2) is 18.4 Å². The van der Waals surface area contributed by atoms with E-state index in [2.05, 4.69) is 75.8 Å². The fraction of sp³-hybridized carbons (Fsp3) is 0.421. The van der Waals surface area contributed by atoms with Crippen LogP contribution in [0.25, 0.3) is 0 Å². The van der Waals surface area contributed by atoms with Crippen LogP contribution in [0.4, 0.5) is 0 Å². The Balaban J connectivity index is 2.04. The Hall–Kier alpha value is -1.83. The summed E-state index contributed by atoms with van der Waals surface area (Å²) in [6, 6.07) is 13.1. The van der Waals surface area contributed by atoms with Gasteiger partial charge in [-0.05, 0) is 52.3 Å². The Bertz CT molecular complexity index is 568. The van der Waals surface area contributed by atoms with Crippen LogP contribution in [0.3, 0.4) is 0 Å². The van der Waals surface area contributed by atoms with Crippen molar-refractivity contribution in [2.75, 3.05) is 0 Å². The molecule has 0 atom stereocenters. The van der Waals surface area contributed by atoms with Crippen molar-refractivity contribution in [2.45, 2.75) is 52.7 Å². The Morgan fingerprint density at radius 2 is 1.57 bits per heavy atom. The first kappa shape index (κ1) is 15.6. The van der Waals surface area contributed by atoms with E-state index in [1.54, 1.807) is 0 Å². The van der Waals surface area contributed by atoms with Crippen molar-refractivity contribution in [3.63, 3.8) is 0 Å². The molecule has 112 valence electrons. The van der Waals surface area contributed by atoms with Crippen LogP contribution in [0.2, 0.25) is 0 Å². The van der Waals surface area contributed by atoms with Crippen molar-refractivity contribution in [3.8, 4) is 5.75 Å². The molecule has 21 heavy (non-hydrogen) atoms. The molecule has 0 bridgehead atoms. The SMILES string of the molecule is Cc1ccc(OC(C)(C)Cc2cc[n+](C(C)C)cc2)cc1. The molecule has 0 aliphatic heterocycles. The van der Waals surface area contributed by atoms with E-state index in [4.69, 9.17) is 4.74 Å². The smallest absolute Gasteiger partial charge is 0.169 e. The number of nitrogens with zero attached hydrogens (tertiary/aromatic N) is 1. The van der Waals surface area contributed by atoms with Crippen LogP contribution in [0.5, 0.6) is 5.75 Å². The zero-order valence-electron chi connectivity index (χ0n) is 13.8. The van der Waals surface area contributed by atoms with E-state index < -0.39 is 0 Å². The highest BCUT2D eigenvalue weighted by Gasteiger charge is 2.21. The van der Waals surface area contributed by atoms with Crippen LogP contribution >= 0.6 is 0 Å². The monoisotopic (exact) mass is 284 g/mol. The highest BCUT2D eigenvalue weighted by molar-refractivity contribution is 5.27. The second-order valence-electron chi connectivity index (χ2n) is 6.60. The molecule has 0 spiro atoms. The summed E-state index contributed by atoms with van der Waals surface area (Å²) in [5.74, 6) is 0.929. The number of rotatable bonds is 5. The fourth-order valence-corrected chi connectivity index (χ4v) is 2.38. The maximum atomic E-state index is 6.13. The third-order valence-electron chi connectivity index (χ3n) is 3.56. The van der Waals surface area contributed by atoms with E-state index in [1.165, 1.54) is 11.1 Å². The van der Waals surface area contributed by atoms with Gasteiger partial charge in [-0.15, -0.1) is 0 Å². The normalized spacial score (nSPS) is 11.7. The van der Waals surface area contributed by atoms with Gasteiger partial charge in [-0.2, -0.15) is 0 Å². The second kappa shape index (κ2) is 6.30. The summed E-state index contributed by atoms with van der Waals surface area (Å²) in [4.78, 5) is 0. The molecule has 2 aromatic rings. The maximum absolute atomic E-state index is 6.13. The van der Waals surface area contributed by atoms with E-state index in [0.29, 0.717) is 6.04 Å². The number of aromatic nitrogens is 1. The molecule has 0 unspecified atom stereocenters. The van der Waals surface area contributed by atoms with Gasteiger partial charge in [0.2, 0.25) is 0 Å². The Morgan fingerprint density at radius 1 is 1.00 bits per heavy atom. The van der Waals surface area contributed by atoms with Crippen molar-refractivity contribution < 1.29 is 9.30 Å². The average Bonchev–Trinajstić information content (AvgIpc) is 2.41. The Morgan fingerprint density at radius 3 is 2.10 bits per heavy atom. The fourth-order valence-electron chi connectivity index (χ4n) is 2.38. The second-order valence-corrected chi connectivity index (χ2v) is 6.60. The number of hydrogen-bond donors (Lipinski definition) is 0. The molecule has 0 saturated heterocycles. The number of ether oxygens (including phenoxy) is 1. The molecule has 0 fully saturated rings. The molecule has 0 saturated carbocycles. The van der Waals surface area contributed by atoms with Crippen LogP contribution in [-0.2, 0) is 6.42 Å². The number of benzene rings is 1. The molecule has 0 radical (unpaired) electrons. The number of aryl methyl sites for hydroxylation is 1. The summed E-state index contributed by atoms with van der Waals surface area (Å²) in [6.45, 7) is 10.7. The molecule has 2 rings (SSSR count). The molecule has 0 aliphatic carbocycles. The molecule has 1 aromatic heterocycles.